The highest BCUT2D eigenvalue weighted by Gasteiger charge is 2.31. The zero-order valence-corrected chi connectivity index (χ0v) is 10.6. The molecule has 0 aromatic heterocycles. The Morgan fingerprint density at radius 3 is 2.68 bits per heavy atom. The standard InChI is InChI=1S/C12H11ClN2O4/c13-8-3-1-7(2-4-8)6-14-11(16)10-5-9(12(17)18)15-19-10/h1-4,10H,5-6H2,(H,14,16)(H,17,18). The number of hydrogen-bond donors (Lipinski definition) is 2. The Labute approximate surface area is 114 Å². The Hall–Kier alpha value is -2.08. The quantitative estimate of drug-likeness (QED) is 0.868. The van der Waals surface area contributed by atoms with E-state index in [1.165, 1.54) is 0 Å². The molecule has 1 atom stereocenters. The summed E-state index contributed by atoms with van der Waals surface area (Å²) in [4.78, 5) is 27.1. The van der Waals surface area contributed by atoms with Gasteiger partial charge < -0.3 is 15.3 Å². The van der Waals surface area contributed by atoms with E-state index in [1.54, 1.807) is 24.3 Å². The molecule has 19 heavy (non-hydrogen) atoms. The van der Waals surface area contributed by atoms with Gasteiger partial charge in [0.25, 0.3) is 5.91 Å². The number of aliphatic carboxylic acids is 1. The molecule has 0 aliphatic carbocycles. The number of carbonyl (C=O) groups is 2. The van der Waals surface area contributed by atoms with E-state index >= 15 is 0 Å². The molecule has 0 bridgehead atoms. The van der Waals surface area contributed by atoms with Gasteiger partial charge >= 0.3 is 5.97 Å². The number of nitrogens with zero attached hydrogens (tertiary/aromatic N) is 1. The molecule has 1 heterocycles. The first kappa shape index (κ1) is 13.4. The maximum absolute atomic E-state index is 11.7. The van der Waals surface area contributed by atoms with Crippen LogP contribution in [-0.2, 0) is 21.0 Å². The van der Waals surface area contributed by atoms with E-state index in [-0.39, 0.29) is 12.1 Å². The van der Waals surface area contributed by atoms with Crippen LogP contribution in [0.5, 0.6) is 0 Å². The Bertz CT molecular complexity index is 527. The van der Waals surface area contributed by atoms with E-state index in [4.69, 9.17) is 21.5 Å². The van der Waals surface area contributed by atoms with Crippen LogP contribution < -0.4 is 5.32 Å². The summed E-state index contributed by atoms with van der Waals surface area (Å²) in [6.07, 6.45) is -0.902. The molecule has 2 rings (SSSR count). The highest BCUT2D eigenvalue weighted by Crippen LogP contribution is 2.12. The molecule has 1 unspecified atom stereocenters. The molecule has 1 aliphatic heterocycles. The topological polar surface area (TPSA) is 88.0 Å². The first-order valence-electron chi connectivity index (χ1n) is 5.54. The Morgan fingerprint density at radius 1 is 1.42 bits per heavy atom. The highest BCUT2D eigenvalue weighted by atomic mass is 35.5. The van der Waals surface area contributed by atoms with Gasteiger partial charge in [-0.3, -0.25) is 4.79 Å². The second-order valence-corrected chi connectivity index (χ2v) is 4.42. The summed E-state index contributed by atoms with van der Waals surface area (Å²) in [6, 6.07) is 7.02. The van der Waals surface area contributed by atoms with Crippen molar-refractivity contribution in [3.63, 3.8) is 0 Å². The average Bonchev–Trinajstić information content (AvgIpc) is 2.87. The van der Waals surface area contributed by atoms with Crippen molar-refractivity contribution in [1.29, 1.82) is 0 Å². The second kappa shape index (κ2) is 5.71. The number of amides is 1. The van der Waals surface area contributed by atoms with Crippen molar-refractivity contribution in [2.45, 2.75) is 19.1 Å². The average molecular weight is 283 g/mol. The fourth-order valence-corrected chi connectivity index (χ4v) is 1.68. The van der Waals surface area contributed by atoms with E-state index < -0.39 is 18.0 Å². The maximum atomic E-state index is 11.7. The molecule has 0 saturated heterocycles. The third-order valence-electron chi connectivity index (χ3n) is 2.59. The van der Waals surface area contributed by atoms with Gasteiger partial charge in [-0.15, -0.1) is 0 Å². The van der Waals surface area contributed by atoms with Gasteiger partial charge in [-0.05, 0) is 17.7 Å². The van der Waals surface area contributed by atoms with Crippen LogP contribution in [0.15, 0.2) is 29.4 Å². The van der Waals surface area contributed by atoms with E-state index in [1.807, 2.05) is 0 Å². The van der Waals surface area contributed by atoms with Gasteiger partial charge in [0.05, 0.1) is 0 Å². The summed E-state index contributed by atoms with van der Waals surface area (Å²) < 4.78 is 0. The van der Waals surface area contributed by atoms with Crippen molar-refractivity contribution in [3.05, 3.63) is 34.9 Å². The van der Waals surface area contributed by atoms with Gasteiger partial charge in [0.15, 0.2) is 5.71 Å². The second-order valence-electron chi connectivity index (χ2n) is 3.99. The Kier molecular flexibility index (Phi) is 4.01. The lowest BCUT2D eigenvalue weighted by atomic mass is 10.1. The predicted molar refractivity (Wildman–Crippen MR) is 67.9 cm³/mol. The normalized spacial score (nSPS) is 17.5. The van der Waals surface area contributed by atoms with Crippen molar-refractivity contribution >= 4 is 29.2 Å². The smallest absolute Gasteiger partial charge is 0.353 e. The number of oxime groups is 1. The number of hydrogen-bond acceptors (Lipinski definition) is 4. The lowest BCUT2D eigenvalue weighted by Gasteiger charge is -2.09. The first-order chi connectivity index (χ1) is 9.06. The Morgan fingerprint density at radius 2 is 2.11 bits per heavy atom. The van der Waals surface area contributed by atoms with Gasteiger partial charge in [-0.2, -0.15) is 0 Å². The first-order valence-corrected chi connectivity index (χ1v) is 5.92. The molecule has 1 aromatic carbocycles. The fraction of sp³-hybridized carbons (Fsp3) is 0.250. The maximum Gasteiger partial charge on any atom is 0.353 e. The van der Waals surface area contributed by atoms with Crippen LogP contribution in [0, 0.1) is 0 Å². The van der Waals surface area contributed by atoms with Crippen molar-refractivity contribution < 1.29 is 19.5 Å². The summed E-state index contributed by atoms with van der Waals surface area (Å²) in [5.74, 6) is -1.57. The fourth-order valence-electron chi connectivity index (χ4n) is 1.55. The number of carboxylic acids is 1. The molecule has 1 amide bonds. The lowest BCUT2D eigenvalue weighted by Crippen LogP contribution is -2.34. The van der Waals surface area contributed by atoms with Gasteiger partial charge in [0.2, 0.25) is 6.10 Å². The SMILES string of the molecule is O=C(O)C1=NOC(C(=O)NCc2ccc(Cl)cc2)C1. The van der Waals surface area contributed by atoms with Crippen molar-refractivity contribution in [3.8, 4) is 0 Å². The molecule has 6 nitrogen and oxygen atoms in total. The minimum Gasteiger partial charge on any atom is -0.477 e. The van der Waals surface area contributed by atoms with Crippen LogP contribution in [0.25, 0.3) is 0 Å². The molecule has 1 aromatic rings. The van der Waals surface area contributed by atoms with Crippen LogP contribution >= 0.6 is 11.6 Å². The summed E-state index contributed by atoms with van der Waals surface area (Å²) in [5, 5.41) is 15.3. The third-order valence-corrected chi connectivity index (χ3v) is 2.84. The molecule has 7 heteroatoms. The van der Waals surface area contributed by atoms with Crippen molar-refractivity contribution in [2.24, 2.45) is 5.16 Å². The van der Waals surface area contributed by atoms with Gasteiger partial charge in [-0.25, -0.2) is 4.79 Å². The zero-order chi connectivity index (χ0) is 13.8. The molecule has 0 fully saturated rings. The van der Waals surface area contributed by atoms with Crippen LogP contribution in [0.1, 0.15) is 12.0 Å². The van der Waals surface area contributed by atoms with E-state index in [9.17, 15) is 9.59 Å². The van der Waals surface area contributed by atoms with E-state index in [0.717, 1.165) is 5.56 Å². The van der Waals surface area contributed by atoms with Crippen molar-refractivity contribution in [1.82, 2.24) is 5.32 Å². The largest absolute Gasteiger partial charge is 0.477 e. The van der Waals surface area contributed by atoms with E-state index in [2.05, 4.69) is 10.5 Å². The third kappa shape index (κ3) is 3.45. The Balaban J connectivity index is 1.83. The van der Waals surface area contributed by atoms with Crippen LogP contribution in [0.4, 0.5) is 0 Å². The van der Waals surface area contributed by atoms with Gasteiger partial charge in [0.1, 0.15) is 0 Å². The lowest BCUT2D eigenvalue weighted by molar-refractivity contribution is -0.131. The van der Waals surface area contributed by atoms with Crippen LogP contribution in [0.2, 0.25) is 5.02 Å². The van der Waals surface area contributed by atoms with Gasteiger partial charge in [-0.1, -0.05) is 28.9 Å². The predicted octanol–water partition coefficient (Wildman–Crippen LogP) is 1.19. The molecular weight excluding hydrogens is 272 g/mol. The minimum absolute atomic E-state index is 0.0260. The monoisotopic (exact) mass is 282 g/mol. The summed E-state index contributed by atoms with van der Waals surface area (Å²) >= 11 is 5.75. The molecule has 0 spiro atoms. The van der Waals surface area contributed by atoms with E-state index in [0.29, 0.717) is 11.6 Å². The number of benzene rings is 1. The summed E-state index contributed by atoms with van der Waals surface area (Å²) in [5.41, 5.74) is 0.738. The molecule has 100 valence electrons. The molecule has 0 radical (unpaired) electrons. The summed E-state index contributed by atoms with van der Waals surface area (Å²) in [7, 11) is 0. The number of carboxylic acid groups (broad SMARTS) is 1. The number of rotatable bonds is 4. The number of carbonyl (C=O) groups excluding carboxylic acids is 1. The van der Waals surface area contributed by atoms with Crippen molar-refractivity contribution in [2.75, 3.05) is 0 Å². The van der Waals surface area contributed by atoms with Crippen LogP contribution in [-0.4, -0.2) is 28.8 Å². The highest BCUT2D eigenvalue weighted by molar-refractivity contribution is 6.36. The molecule has 0 saturated carbocycles. The summed E-state index contributed by atoms with van der Waals surface area (Å²) in [6.45, 7) is 0.318. The molecule has 2 N–H and O–H groups in total. The number of nitrogens with one attached hydrogen (secondary N) is 1. The van der Waals surface area contributed by atoms with Gasteiger partial charge in [0, 0.05) is 18.0 Å². The zero-order valence-electron chi connectivity index (χ0n) is 9.80. The molecule has 1 aliphatic rings. The number of halogens is 1. The minimum atomic E-state index is -1.17. The molecular formula is C12H11ClN2O4. The van der Waals surface area contributed by atoms with Crippen LogP contribution in [0.3, 0.4) is 0 Å².